The summed E-state index contributed by atoms with van der Waals surface area (Å²) >= 11 is 0. The molecule has 0 aromatic rings. The fourth-order valence-electron chi connectivity index (χ4n) is 3.44. The molecule has 0 unspecified atom stereocenters. The van der Waals surface area contributed by atoms with E-state index in [9.17, 15) is 0 Å². The Balaban J connectivity index is 3.01. The van der Waals surface area contributed by atoms with Gasteiger partial charge in [-0.3, -0.25) is 0 Å². The van der Waals surface area contributed by atoms with E-state index in [0.29, 0.717) is 0 Å². The van der Waals surface area contributed by atoms with Gasteiger partial charge in [0.15, 0.2) is 0 Å². The van der Waals surface area contributed by atoms with Crippen LogP contribution in [-0.4, -0.2) is 20.8 Å². The molecular formula is C21H47O3P. The van der Waals surface area contributed by atoms with Crippen LogP contribution in [0.2, 0.25) is 0 Å². The third-order valence-electron chi connectivity index (χ3n) is 5.12. The Bertz CT molecular complexity index is 254. The zero-order valence-electron chi connectivity index (χ0n) is 17.0. The van der Waals surface area contributed by atoms with Gasteiger partial charge in [-0.05, 0) is 0 Å². The van der Waals surface area contributed by atoms with Crippen LogP contribution in [0.15, 0.2) is 0 Å². The Labute approximate surface area is 158 Å². The van der Waals surface area contributed by atoms with Crippen molar-refractivity contribution in [2.75, 3.05) is 6.16 Å². The van der Waals surface area contributed by atoms with Gasteiger partial charge in [0.05, 0.1) is 0 Å². The second kappa shape index (κ2) is 19.1. The number of rotatable bonds is 20. The van der Waals surface area contributed by atoms with Gasteiger partial charge >= 0.3 is 99.4 Å². The number of hydrogen-bond acceptors (Lipinski definition) is 3. The van der Waals surface area contributed by atoms with Gasteiger partial charge in [0.1, 0.15) is 0 Å². The van der Waals surface area contributed by atoms with Gasteiger partial charge < -0.3 is 0 Å². The van der Waals surface area contributed by atoms with Crippen molar-refractivity contribution >= 4 is 7.94 Å². The summed E-state index contributed by atoms with van der Waals surface area (Å²) in [6, 6.07) is 0. The third kappa shape index (κ3) is 24.3. The molecule has 0 amide bonds. The van der Waals surface area contributed by atoms with Crippen LogP contribution in [-0.2, 0) is 0 Å². The Morgan fingerprint density at radius 2 is 0.640 bits per heavy atom. The molecular weight excluding hydrogens is 331 g/mol. The predicted octanol–water partition coefficient (Wildman–Crippen LogP) is 6.89. The molecule has 0 atom stereocenters. The van der Waals surface area contributed by atoms with Crippen LogP contribution in [0.5, 0.6) is 0 Å². The van der Waals surface area contributed by atoms with Crippen LogP contribution in [0, 0.1) is 0 Å². The van der Waals surface area contributed by atoms with Crippen LogP contribution in [0.1, 0.15) is 129 Å². The van der Waals surface area contributed by atoms with Crippen molar-refractivity contribution < 1.29 is 14.7 Å². The Kier molecular flexibility index (Phi) is 19.3. The quantitative estimate of drug-likeness (QED) is 0.160. The van der Waals surface area contributed by atoms with Gasteiger partial charge in [-0.25, -0.2) is 0 Å². The van der Waals surface area contributed by atoms with Gasteiger partial charge in [-0.1, -0.05) is 58.3 Å². The van der Waals surface area contributed by atoms with E-state index in [1.165, 1.54) is 103 Å². The van der Waals surface area contributed by atoms with E-state index in [1.807, 2.05) is 0 Å². The van der Waals surface area contributed by atoms with Crippen LogP contribution >= 0.6 is 7.94 Å². The van der Waals surface area contributed by atoms with Crippen molar-refractivity contribution in [3.63, 3.8) is 0 Å². The second-order valence-electron chi connectivity index (χ2n) is 7.89. The molecule has 3 nitrogen and oxygen atoms in total. The van der Waals surface area contributed by atoms with Crippen LogP contribution in [0.25, 0.3) is 0 Å². The molecule has 0 rings (SSSR count). The van der Waals surface area contributed by atoms with Crippen molar-refractivity contribution in [3.05, 3.63) is 0 Å². The molecule has 0 aliphatic rings. The average molecular weight is 379 g/mol. The van der Waals surface area contributed by atoms with E-state index >= 15 is 0 Å². The van der Waals surface area contributed by atoms with Crippen LogP contribution in [0.4, 0.5) is 0 Å². The zero-order valence-corrected chi connectivity index (χ0v) is 18.0. The van der Waals surface area contributed by atoms with Gasteiger partial charge in [0.2, 0.25) is 0 Å². The van der Waals surface area contributed by atoms with E-state index in [2.05, 4.69) is 6.92 Å². The molecule has 3 N–H and O–H groups in total. The van der Waals surface area contributed by atoms with E-state index in [4.69, 9.17) is 14.7 Å². The van der Waals surface area contributed by atoms with Crippen LogP contribution < -0.4 is 0 Å². The first-order valence-corrected chi connectivity index (χ1v) is 13.3. The predicted molar refractivity (Wildman–Crippen MR) is 113 cm³/mol. The molecule has 0 aromatic heterocycles. The summed E-state index contributed by atoms with van der Waals surface area (Å²) in [5.74, 6) is 0. The maximum absolute atomic E-state index is 8.91. The van der Waals surface area contributed by atoms with Crippen molar-refractivity contribution in [2.45, 2.75) is 129 Å². The summed E-state index contributed by atoms with van der Waals surface area (Å²) in [7, 11) is -3.77. The first-order chi connectivity index (χ1) is 12.1. The Morgan fingerprint density at radius 1 is 0.400 bits per heavy atom. The molecule has 0 aliphatic heterocycles. The van der Waals surface area contributed by atoms with E-state index in [-0.39, 0.29) is 6.16 Å². The molecule has 0 aliphatic carbocycles. The summed E-state index contributed by atoms with van der Waals surface area (Å²) in [4.78, 5) is 26.7. The fourth-order valence-corrected chi connectivity index (χ4v) is 4.16. The van der Waals surface area contributed by atoms with Crippen LogP contribution in [0.3, 0.4) is 0 Å². The summed E-state index contributed by atoms with van der Waals surface area (Å²) in [6.07, 6.45) is 25.5. The summed E-state index contributed by atoms with van der Waals surface area (Å²) in [6.45, 7) is 2.28. The SMILES string of the molecule is CCCCCCCCCCCCCCCCCCCCC[PH](O)(O)O. The average Bonchev–Trinajstić information content (AvgIpc) is 2.56. The van der Waals surface area contributed by atoms with E-state index in [1.54, 1.807) is 0 Å². The van der Waals surface area contributed by atoms with Crippen molar-refractivity contribution in [3.8, 4) is 0 Å². The van der Waals surface area contributed by atoms with Crippen molar-refractivity contribution in [1.82, 2.24) is 0 Å². The summed E-state index contributed by atoms with van der Waals surface area (Å²) < 4.78 is 0. The summed E-state index contributed by atoms with van der Waals surface area (Å²) in [5, 5.41) is 0. The molecule has 25 heavy (non-hydrogen) atoms. The summed E-state index contributed by atoms with van der Waals surface area (Å²) in [5.41, 5.74) is 0. The molecule has 154 valence electrons. The minimum absolute atomic E-state index is 0.200. The van der Waals surface area contributed by atoms with Crippen molar-refractivity contribution in [2.24, 2.45) is 0 Å². The molecule has 0 heterocycles. The minimum atomic E-state index is -3.77. The molecule has 0 radical (unpaired) electrons. The zero-order chi connectivity index (χ0) is 18.6. The second-order valence-corrected chi connectivity index (χ2v) is 9.94. The van der Waals surface area contributed by atoms with E-state index in [0.717, 1.165) is 19.3 Å². The Hall–Kier alpha value is 0.310. The normalized spacial score (nSPS) is 12.6. The standard InChI is InChI=1S/C21H47O3P/c1-2-3-4-5-6-7-8-9-10-11-12-13-14-15-16-17-18-19-20-21-25(22,23)24/h22-25H,2-21H2,1H3. The molecule has 4 heteroatoms. The first kappa shape index (κ1) is 25.3. The van der Waals surface area contributed by atoms with Crippen molar-refractivity contribution in [1.29, 1.82) is 0 Å². The monoisotopic (exact) mass is 378 g/mol. The molecule has 0 saturated heterocycles. The Morgan fingerprint density at radius 3 is 0.880 bits per heavy atom. The molecule has 0 aromatic carbocycles. The molecule has 0 spiro atoms. The van der Waals surface area contributed by atoms with Gasteiger partial charge in [0, 0.05) is 0 Å². The van der Waals surface area contributed by atoms with Gasteiger partial charge in [0.25, 0.3) is 0 Å². The van der Waals surface area contributed by atoms with E-state index < -0.39 is 7.94 Å². The number of unbranched alkanes of at least 4 members (excludes halogenated alkanes) is 18. The molecule has 0 fully saturated rings. The van der Waals surface area contributed by atoms with Gasteiger partial charge in [-0.2, -0.15) is 0 Å². The van der Waals surface area contributed by atoms with Gasteiger partial charge in [-0.15, -0.1) is 0 Å². The molecule has 0 bridgehead atoms. The number of hydrogen-bond donors (Lipinski definition) is 3. The molecule has 0 saturated carbocycles. The third-order valence-corrected chi connectivity index (χ3v) is 6.14. The first-order valence-electron chi connectivity index (χ1n) is 11.2. The maximum atomic E-state index is 8.91. The fraction of sp³-hybridized carbons (Fsp3) is 1.00. The topological polar surface area (TPSA) is 60.7 Å².